The summed E-state index contributed by atoms with van der Waals surface area (Å²) in [4.78, 5) is 2.65. The Morgan fingerprint density at radius 3 is 2.82 bits per heavy atom. The van der Waals surface area contributed by atoms with E-state index >= 15 is 0 Å². The van der Waals surface area contributed by atoms with E-state index in [-0.39, 0.29) is 0 Å². The van der Waals surface area contributed by atoms with Gasteiger partial charge in [0.2, 0.25) is 0 Å². The van der Waals surface area contributed by atoms with Crippen LogP contribution in [0.2, 0.25) is 5.02 Å². The summed E-state index contributed by atoms with van der Waals surface area (Å²) in [6.07, 6.45) is 3.67. The van der Waals surface area contributed by atoms with E-state index in [9.17, 15) is 0 Å². The van der Waals surface area contributed by atoms with Crippen molar-refractivity contribution in [2.45, 2.75) is 25.3 Å². The number of fused-ring (bicyclic) bond motifs is 1. The molecule has 0 aromatic heterocycles. The second kappa shape index (κ2) is 4.97. The van der Waals surface area contributed by atoms with Gasteiger partial charge in [-0.25, -0.2) is 0 Å². The van der Waals surface area contributed by atoms with Gasteiger partial charge in [0.1, 0.15) is 0 Å². The zero-order valence-electron chi connectivity index (χ0n) is 10.1. The summed E-state index contributed by atoms with van der Waals surface area (Å²) in [5, 5.41) is 4.30. The molecule has 0 amide bonds. The van der Waals surface area contributed by atoms with Crippen LogP contribution in [0.1, 0.15) is 17.5 Å². The van der Waals surface area contributed by atoms with Crippen molar-refractivity contribution in [1.82, 2.24) is 10.2 Å². The first kappa shape index (κ1) is 11.5. The lowest BCUT2D eigenvalue weighted by atomic mass is 9.87. The van der Waals surface area contributed by atoms with E-state index in [2.05, 4.69) is 22.3 Å². The SMILES string of the molecule is Clc1ccc2c(c1)CCC(N1CCNCC1)C2. The third-order valence-electron chi connectivity index (χ3n) is 4.04. The molecular formula is C14H19ClN2. The summed E-state index contributed by atoms with van der Waals surface area (Å²) in [7, 11) is 0. The van der Waals surface area contributed by atoms with Crippen LogP contribution >= 0.6 is 11.6 Å². The molecular weight excluding hydrogens is 232 g/mol. The Balaban J connectivity index is 1.73. The van der Waals surface area contributed by atoms with Gasteiger partial charge in [0.25, 0.3) is 0 Å². The van der Waals surface area contributed by atoms with E-state index in [1.165, 1.54) is 43.5 Å². The van der Waals surface area contributed by atoms with Crippen LogP contribution in [0.3, 0.4) is 0 Å². The molecule has 1 aromatic rings. The van der Waals surface area contributed by atoms with Gasteiger partial charge in [0.15, 0.2) is 0 Å². The second-order valence-corrected chi connectivity index (χ2v) is 5.53. The fourth-order valence-corrected chi connectivity index (χ4v) is 3.26. The van der Waals surface area contributed by atoms with Crippen molar-refractivity contribution in [3.8, 4) is 0 Å². The number of hydrogen-bond acceptors (Lipinski definition) is 2. The van der Waals surface area contributed by atoms with Crippen molar-refractivity contribution in [2.75, 3.05) is 26.2 Å². The van der Waals surface area contributed by atoms with E-state index in [4.69, 9.17) is 11.6 Å². The Bertz CT molecular complexity index is 399. The van der Waals surface area contributed by atoms with E-state index in [1.807, 2.05) is 6.07 Å². The molecule has 2 aliphatic rings. The molecule has 0 saturated carbocycles. The van der Waals surface area contributed by atoms with Gasteiger partial charge < -0.3 is 5.32 Å². The average molecular weight is 251 g/mol. The van der Waals surface area contributed by atoms with Crippen LogP contribution in [0.15, 0.2) is 18.2 Å². The monoisotopic (exact) mass is 250 g/mol. The predicted octanol–water partition coefficient (Wildman–Crippen LogP) is 2.10. The lowest BCUT2D eigenvalue weighted by molar-refractivity contribution is 0.159. The second-order valence-electron chi connectivity index (χ2n) is 5.10. The molecule has 1 aliphatic heterocycles. The van der Waals surface area contributed by atoms with Crippen molar-refractivity contribution in [1.29, 1.82) is 0 Å². The van der Waals surface area contributed by atoms with Crippen molar-refractivity contribution >= 4 is 11.6 Å². The number of aryl methyl sites for hydroxylation is 1. The Hall–Kier alpha value is -0.570. The van der Waals surface area contributed by atoms with Crippen LogP contribution in [0.5, 0.6) is 0 Å². The molecule has 2 nitrogen and oxygen atoms in total. The molecule has 1 fully saturated rings. The third-order valence-corrected chi connectivity index (χ3v) is 4.27. The number of nitrogens with one attached hydrogen (secondary N) is 1. The summed E-state index contributed by atoms with van der Waals surface area (Å²) >= 11 is 6.04. The van der Waals surface area contributed by atoms with Crippen molar-refractivity contribution in [2.24, 2.45) is 0 Å². The highest BCUT2D eigenvalue weighted by Gasteiger charge is 2.25. The molecule has 1 aliphatic carbocycles. The van der Waals surface area contributed by atoms with Crippen LogP contribution in [0, 0.1) is 0 Å². The number of benzene rings is 1. The molecule has 3 rings (SSSR count). The lowest BCUT2D eigenvalue weighted by Crippen LogP contribution is -2.50. The lowest BCUT2D eigenvalue weighted by Gasteiger charge is -2.37. The molecule has 1 aromatic carbocycles. The molecule has 1 atom stereocenters. The topological polar surface area (TPSA) is 15.3 Å². The minimum Gasteiger partial charge on any atom is -0.314 e. The van der Waals surface area contributed by atoms with Crippen LogP contribution in [0.25, 0.3) is 0 Å². The summed E-state index contributed by atoms with van der Waals surface area (Å²) in [6, 6.07) is 7.13. The van der Waals surface area contributed by atoms with Gasteiger partial charge in [-0.15, -0.1) is 0 Å². The van der Waals surface area contributed by atoms with Gasteiger partial charge in [0, 0.05) is 37.2 Å². The fraction of sp³-hybridized carbons (Fsp3) is 0.571. The first-order chi connectivity index (χ1) is 8.33. The highest BCUT2D eigenvalue weighted by molar-refractivity contribution is 6.30. The maximum atomic E-state index is 6.04. The minimum absolute atomic E-state index is 0.741. The predicted molar refractivity (Wildman–Crippen MR) is 71.7 cm³/mol. The molecule has 92 valence electrons. The van der Waals surface area contributed by atoms with Gasteiger partial charge in [-0.1, -0.05) is 17.7 Å². The molecule has 3 heteroatoms. The van der Waals surface area contributed by atoms with Gasteiger partial charge in [-0.05, 0) is 42.5 Å². The largest absolute Gasteiger partial charge is 0.314 e. The van der Waals surface area contributed by atoms with Crippen LogP contribution in [-0.4, -0.2) is 37.1 Å². The third kappa shape index (κ3) is 2.49. The van der Waals surface area contributed by atoms with Crippen molar-refractivity contribution in [3.63, 3.8) is 0 Å². The molecule has 0 bridgehead atoms. The number of piperazine rings is 1. The maximum absolute atomic E-state index is 6.04. The molecule has 1 N–H and O–H groups in total. The van der Waals surface area contributed by atoms with Gasteiger partial charge in [-0.2, -0.15) is 0 Å². The van der Waals surface area contributed by atoms with Crippen molar-refractivity contribution < 1.29 is 0 Å². The number of hydrogen-bond donors (Lipinski definition) is 1. The van der Waals surface area contributed by atoms with Crippen LogP contribution < -0.4 is 5.32 Å². The maximum Gasteiger partial charge on any atom is 0.0408 e. The first-order valence-corrected chi connectivity index (χ1v) is 6.93. The Kier molecular flexibility index (Phi) is 3.37. The van der Waals surface area contributed by atoms with Gasteiger partial charge in [0.05, 0.1) is 0 Å². The van der Waals surface area contributed by atoms with Crippen LogP contribution in [0.4, 0.5) is 0 Å². The highest BCUT2D eigenvalue weighted by atomic mass is 35.5. The smallest absolute Gasteiger partial charge is 0.0408 e. The Morgan fingerprint density at radius 2 is 2.00 bits per heavy atom. The van der Waals surface area contributed by atoms with E-state index in [0.717, 1.165) is 24.2 Å². The number of halogens is 1. The van der Waals surface area contributed by atoms with E-state index in [0.29, 0.717) is 0 Å². The Labute approximate surface area is 108 Å². The summed E-state index contributed by atoms with van der Waals surface area (Å²) in [5.41, 5.74) is 2.97. The average Bonchev–Trinajstić information content (AvgIpc) is 2.39. The van der Waals surface area contributed by atoms with Crippen LogP contribution in [-0.2, 0) is 12.8 Å². The molecule has 17 heavy (non-hydrogen) atoms. The molecule has 1 unspecified atom stereocenters. The first-order valence-electron chi connectivity index (χ1n) is 6.55. The number of nitrogens with zero attached hydrogens (tertiary/aromatic N) is 1. The zero-order valence-corrected chi connectivity index (χ0v) is 10.8. The molecule has 0 radical (unpaired) electrons. The van der Waals surface area contributed by atoms with Gasteiger partial charge in [-0.3, -0.25) is 4.90 Å². The minimum atomic E-state index is 0.741. The summed E-state index contributed by atoms with van der Waals surface area (Å²) in [5.74, 6) is 0. The van der Waals surface area contributed by atoms with Gasteiger partial charge >= 0.3 is 0 Å². The van der Waals surface area contributed by atoms with E-state index in [1.54, 1.807) is 0 Å². The molecule has 0 spiro atoms. The zero-order chi connectivity index (χ0) is 11.7. The highest BCUT2D eigenvalue weighted by Crippen LogP contribution is 2.27. The van der Waals surface area contributed by atoms with E-state index < -0.39 is 0 Å². The fourth-order valence-electron chi connectivity index (χ4n) is 3.06. The molecule has 1 heterocycles. The Morgan fingerprint density at radius 1 is 1.18 bits per heavy atom. The standard InChI is InChI=1S/C14H19ClN2/c15-13-3-1-12-10-14(4-2-11(12)9-13)17-7-5-16-6-8-17/h1,3,9,14,16H,2,4-8,10H2. The summed E-state index contributed by atoms with van der Waals surface area (Å²) in [6.45, 7) is 4.69. The molecule has 1 saturated heterocycles. The normalized spacial score (nSPS) is 25.6. The number of rotatable bonds is 1. The van der Waals surface area contributed by atoms with Crippen molar-refractivity contribution in [3.05, 3.63) is 34.3 Å². The summed E-state index contributed by atoms with van der Waals surface area (Å²) < 4.78 is 0. The quantitative estimate of drug-likeness (QED) is 0.821.